The Morgan fingerprint density at radius 1 is 1.33 bits per heavy atom. The summed E-state index contributed by atoms with van der Waals surface area (Å²) in [5, 5.41) is 14.2. The molecular formula is C21H26N2O4. The molecule has 1 N–H and O–H groups in total. The highest BCUT2D eigenvalue weighted by molar-refractivity contribution is 5.83. The van der Waals surface area contributed by atoms with Crippen LogP contribution >= 0.6 is 0 Å². The van der Waals surface area contributed by atoms with Crippen LogP contribution in [0.1, 0.15) is 55.2 Å². The van der Waals surface area contributed by atoms with Crippen LogP contribution in [-0.4, -0.2) is 41.0 Å². The molecule has 1 aliphatic carbocycles. The van der Waals surface area contributed by atoms with Crippen molar-refractivity contribution in [2.45, 2.75) is 39.2 Å². The van der Waals surface area contributed by atoms with Gasteiger partial charge in [-0.15, -0.1) is 0 Å². The molecule has 2 heterocycles. The van der Waals surface area contributed by atoms with E-state index < -0.39 is 0 Å². The lowest BCUT2D eigenvalue weighted by molar-refractivity contribution is 0.111. The van der Waals surface area contributed by atoms with Crippen LogP contribution < -0.4 is 4.74 Å². The normalized spacial score (nSPS) is 16.5. The van der Waals surface area contributed by atoms with Gasteiger partial charge < -0.3 is 14.6 Å². The Kier molecular flexibility index (Phi) is 6.29. The van der Waals surface area contributed by atoms with Gasteiger partial charge in [-0.25, -0.2) is 0 Å². The first-order chi connectivity index (χ1) is 13.3. The van der Waals surface area contributed by atoms with Crippen molar-refractivity contribution in [2.24, 2.45) is 0 Å². The van der Waals surface area contributed by atoms with Crippen molar-refractivity contribution in [2.75, 3.05) is 19.8 Å². The summed E-state index contributed by atoms with van der Waals surface area (Å²) in [6, 6.07) is 7.37. The molecule has 0 unspecified atom stereocenters. The first-order valence-corrected chi connectivity index (χ1v) is 9.50. The largest absolute Gasteiger partial charge is 0.507 e. The van der Waals surface area contributed by atoms with Gasteiger partial charge in [0, 0.05) is 6.20 Å². The maximum Gasteiger partial charge on any atom is 0.157 e. The number of phenolic OH excluding ortho intramolecular Hbond substituents is 1. The molecule has 27 heavy (non-hydrogen) atoms. The van der Waals surface area contributed by atoms with Crippen molar-refractivity contribution >= 4 is 11.9 Å². The molecular weight excluding hydrogens is 344 g/mol. The summed E-state index contributed by atoms with van der Waals surface area (Å²) < 4.78 is 13.5. The van der Waals surface area contributed by atoms with Gasteiger partial charge >= 0.3 is 0 Å². The van der Waals surface area contributed by atoms with Gasteiger partial charge in [0.25, 0.3) is 0 Å². The predicted octanol–water partition coefficient (Wildman–Crippen LogP) is 4.02. The van der Waals surface area contributed by atoms with Crippen LogP contribution in [0.4, 0.5) is 0 Å². The van der Waals surface area contributed by atoms with E-state index in [9.17, 15) is 9.90 Å². The summed E-state index contributed by atoms with van der Waals surface area (Å²) in [6.45, 7) is 5.50. The molecule has 1 aromatic heterocycles. The zero-order valence-electron chi connectivity index (χ0n) is 15.9. The van der Waals surface area contributed by atoms with E-state index in [4.69, 9.17) is 9.47 Å². The lowest BCUT2D eigenvalue weighted by Crippen LogP contribution is -2.18. The van der Waals surface area contributed by atoms with E-state index in [0.29, 0.717) is 37.9 Å². The Morgan fingerprint density at radius 2 is 2.15 bits per heavy atom. The molecule has 144 valence electrons. The SMILES string of the molecule is CC.O=Cc1c(O)cccc1OCC1=C(c2ccnn2C2CC2)CCOC1. The third-order valence-corrected chi connectivity index (χ3v) is 4.63. The number of carbonyl (C=O) groups excluding carboxylic acids is 1. The third kappa shape index (κ3) is 4.22. The van der Waals surface area contributed by atoms with Gasteiger partial charge in [-0.05, 0) is 48.6 Å². The summed E-state index contributed by atoms with van der Waals surface area (Å²) in [5.74, 6) is 0.302. The highest BCUT2D eigenvalue weighted by Crippen LogP contribution is 2.38. The number of rotatable bonds is 6. The zero-order chi connectivity index (χ0) is 19.2. The fourth-order valence-corrected chi connectivity index (χ4v) is 3.18. The number of ether oxygens (including phenoxy) is 2. The molecule has 6 heteroatoms. The number of benzene rings is 1. The van der Waals surface area contributed by atoms with E-state index in [1.807, 2.05) is 26.1 Å². The van der Waals surface area contributed by atoms with Gasteiger partial charge in [0.1, 0.15) is 18.1 Å². The highest BCUT2D eigenvalue weighted by atomic mass is 16.5. The summed E-state index contributed by atoms with van der Waals surface area (Å²) in [4.78, 5) is 11.2. The Labute approximate surface area is 159 Å². The van der Waals surface area contributed by atoms with Crippen molar-refractivity contribution in [3.8, 4) is 11.5 Å². The van der Waals surface area contributed by atoms with E-state index in [1.54, 1.807) is 12.1 Å². The highest BCUT2D eigenvalue weighted by Gasteiger charge is 2.28. The lowest BCUT2D eigenvalue weighted by Gasteiger charge is -2.22. The predicted molar refractivity (Wildman–Crippen MR) is 103 cm³/mol. The van der Waals surface area contributed by atoms with Crippen LogP contribution in [0.3, 0.4) is 0 Å². The van der Waals surface area contributed by atoms with Crippen LogP contribution in [-0.2, 0) is 4.74 Å². The summed E-state index contributed by atoms with van der Waals surface area (Å²) in [6.07, 6.45) is 5.62. The maximum atomic E-state index is 11.2. The summed E-state index contributed by atoms with van der Waals surface area (Å²) >= 11 is 0. The number of hydrogen-bond donors (Lipinski definition) is 1. The van der Waals surface area contributed by atoms with Crippen molar-refractivity contribution in [1.29, 1.82) is 0 Å². The average molecular weight is 370 g/mol. The molecule has 4 rings (SSSR count). The van der Waals surface area contributed by atoms with E-state index in [1.165, 1.54) is 24.5 Å². The molecule has 1 aromatic carbocycles. The van der Waals surface area contributed by atoms with E-state index in [-0.39, 0.29) is 11.3 Å². The molecule has 1 fully saturated rings. The van der Waals surface area contributed by atoms with E-state index in [2.05, 4.69) is 9.78 Å². The van der Waals surface area contributed by atoms with Gasteiger partial charge in [0.15, 0.2) is 6.29 Å². The second-order valence-corrected chi connectivity index (χ2v) is 6.37. The second kappa shape index (κ2) is 8.86. The Balaban J connectivity index is 0.00000102. The van der Waals surface area contributed by atoms with Crippen LogP contribution in [0.2, 0.25) is 0 Å². The van der Waals surface area contributed by atoms with Gasteiger partial charge in [0.2, 0.25) is 0 Å². The Morgan fingerprint density at radius 3 is 2.89 bits per heavy atom. The zero-order valence-corrected chi connectivity index (χ0v) is 15.9. The summed E-state index contributed by atoms with van der Waals surface area (Å²) in [7, 11) is 0. The van der Waals surface area contributed by atoms with Crippen LogP contribution in [0.25, 0.3) is 5.57 Å². The second-order valence-electron chi connectivity index (χ2n) is 6.37. The van der Waals surface area contributed by atoms with Crippen molar-refractivity contribution in [3.05, 3.63) is 47.3 Å². The van der Waals surface area contributed by atoms with Crippen molar-refractivity contribution in [1.82, 2.24) is 9.78 Å². The molecule has 1 aliphatic heterocycles. The van der Waals surface area contributed by atoms with Gasteiger partial charge in [-0.1, -0.05) is 19.9 Å². The van der Waals surface area contributed by atoms with Gasteiger partial charge in [-0.3, -0.25) is 9.48 Å². The Bertz CT molecular complexity index is 821. The van der Waals surface area contributed by atoms with E-state index in [0.717, 1.165) is 17.7 Å². The number of hydrogen-bond acceptors (Lipinski definition) is 5. The monoisotopic (exact) mass is 370 g/mol. The first-order valence-electron chi connectivity index (χ1n) is 9.50. The topological polar surface area (TPSA) is 73.6 Å². The number of aromatic nitrogens is 2. The minimum absolute atomic E-state index is 0.0755. The molecule has 2 aliphatic rings. The minimum Gasteiger partial charge on any atom is -0.507 e. The quantitative estimate of drug-likeness (QED) is 0.778. The number of phenols is 1. The molecule has 0 radical (unpaired) electrons. The minimum atomic E-state index is -0.0755. The molecule has 2 aromatic rings. The lowest BCUT2D eigenvalue weighted by atomic mass is 10.0. The molecule has 1 saturated carbocycles. The van der Waals surface area contributed by atoms with Crippen LogP contribution in [0.5, 0.6) is 11.5 Å². The summed E-state index contributed by atoms with van der Waals surface area (Å²) in [5.41, 5.74) is 3.57. The van der Waals surface area contributed by atoms with Gasteiger partial charge in [-0.2, -0.15) is 5.10 Å². The molecule has 0 saturated heterocycles. The number of carbonyl (C=O) groups is 1. The fourth-order valence-electron chi connectivity index (χ4n) is 3.18. The number of nitrogens with zero attached hydrogens (tertiary/aromatic N) is 2. The molecule has 0 atom stereocenters. The maximum absolute atomic E-state index is 11.2. The van der Waals surface area contributed by atoms with Crippen molar-refractivity contribution in [3.63, 3.8) is 0 Å². The average Bonchev–Trinajstić information content (AvgIpc) is 3.45. The van der Waals surface area contributed by atoms with Crippen LogP contribution in [0, 0.1) is 0 Å². The molecule has 6 nitrogen and oxygen atoms in total. The Hall–Kier alpha value is -2.60. The number of aromatic hydroxyl groups is 1. The molecule has 0 bridgehead atoms. The van der Waals surface area contributed by atoms with Crippen molar-refractivity contribution < 1.29 is 19.4 Å². The van der Waals surface area contributed by atoms with E-state index >= 15 is 0 Å². The smallest absolute Gasteiger partial charge is 0.157 e. The number of aldehydes is 1. The van der Waals surface area contributed by atoms with Gasteiger partial charge in [0.05, 0.1) is 30.5 Å². The standard InChI is InChI=1S/C19H20N2O4.C2H6/c22-10-16-18(23)2-1-3-19(16)25-12-13-11-24-9-7-15(13)17-6-8-20-21(17)14-4-5-14;1-2/h1-3,6,8,10,14,23H,4-5,7,9,11-12H2;1-2H3. The third-order valence-electron chi connectivity index (χ3n) is 4.63. The fraction of sp³-hybridized carbons (Fsp3) is 0.429. The molecule has 0 spiro atoms. The first kappa shape index (κ1) is 19.2. The molecule has 0 amide bonds. The van der Waals surface area contributed by atoms with Crippen LogP contribution in [0.15, 0.2) is 36.0 Å².